The maximum Gasteiger partial charge on any atom is 0.222 e. The minimum atomic E-state index is -0.202. The molecule has 2 fully saturated rings. The van der Waals surface area contributed by atoms with Crippen molar-refractivity contribution in [2.45, 2.75) is 31.7 Å². The minimum Gasteiger partial charge on any atom is -0.343 e. The fraction of sp³-hybridized carbons (Fsp3) is 0.571. The second kappa shape index (κ2) is 8.31. The Labute approximate surface area is 156 Å². The molecular weight excluding hydrogens is 329 g/mol. The number of likely N-dealkylation sites (N-methyl/N-ethyl adjacent to an activating group) is 1. The second-order valence-electron chi connectivity index (χ2n) is 7.56. The first-order valence-electron chi connectivity index (χ1n) is 9.66. The first-order chi connectivity index (χ1) is 12.5. The zero-order chi connectivity index (χ0) is 18.6. The Morgan fingerprint density at radius 1 is 1.15 bits per heavy atom. The van der Waals surface area contributed by atoms with Crippen molar-refractivity contribution in [3.8, 4) is 0 Å². The monoisotopic (exact) mass is 359 g/mol. The van der Waals surface area contributed by atoms with Gasteiger partial charge in [0.2, 0.25) is 5.91 Å². The van der Waals surface area contributed by atoms with E-state index in [0.717, 1.165) is 57.7 Å². The number of hydrogen-bond donors (Lipinski definition) is 0. The fourth-order valence-corrected chi connectivity index (χ4v) is 4.18. The second-order valence-corrected chi connectivity index (χ2v) is 7.56. The highest BCUT2D eigenvalue weighted by atomic mass is 19.1. The number of rotatable bonds is 4. The molecule has 2 heterocycles. The molecule has 1 aromatic carbocycles. The molecule has 0 N–H and O–H groups in total. The van der Waals surface area contributed by atoms with E-state index in [1.807, 2.05) is 4.90 Å². The maximum absolute atomic E-state index is 13.0. The van der Waals surface area contributed by atoms with Crippen LogP contribution in [0.2, 0.25) is 0 Å². The molecular formula is C21H30FN3O. The van der Waals surface area contributed by atoms with Crippen molar-refractivity contribution < 1.29 is 9.18 Å². The van der Waals surface area contributed by atoms with Gasteiger partial charge in [0.1, 0.15) is 5.82 Å². The Balaban J connectivity index is 1.62. The van der Waals surface area contributed by atoms with Crippen LogP contribution < -0.4 is 0 Å². The number of carbonyl (C=O) groups excluding carboxylic acids is 1. The minimum absolute atomic E-state index is 0.0988. The average molecular weight is 359 g/mol. The quantitative estimate of drug-likeness (QED) is 0.827. The first kappa shape index (κ1) is 19.1. The van der Waals surface area contributed by atoms with Crippen LogP contribution in [0.5, 0.6) is 0 Å². The summed E-state index contributed by atoms with van der Waals surface area (Å²) in [7, 11) is 2.21. The van der Waals surface area contributed by atoms with E-state index in [-0.39, 0.29) is 11.4 Å². The lowest BCUT2D eigenvalue weighted by molar-refractivity contribution is -0.130. The van der Waals surface area contributed by atoms with Crippen LogP contribution in [0.4, 0.5) is 4.39 Å². The summed E-state index contributed by atoms with van der Waals surface area (Å²) in [6.45, 7) is 7.69. The number of amides is 1. The van der Waals surface area contributed by atoms with E-state index in [9.17, 15) is 9.18 Å². The van der Waals surface area contributed by atoms with Crippen molar-refractivity contribution in [2.75, 3.05) is 46.3 Å². The smallest absolute Gasteiger partial charge is 0.222 e. The van der Waals surface area contributed by atoms with Crippen LogP contribution in [0.1, 0.15) is 31.7 Å². The number of halogens is 1. The largest absolute Gasteiger partial charge is 0.343 e. The topological polar surface area (TPSA) is 26.8 Å². The van der Waals surface area contributed by atoms with Gasteiger partial charge >= 0.3 is 0 Å². The number of nitrogens with zero attached hydrogens (tertiary/aromatic N) is 3. The van der Waals surface area contributed by atoms with Gasteiger partial charge in [-0.1, -0.05) is 24.3 Å². The molecule has 142 valence electrons. The zero-order valence-electron chi connectivity index (χ0n) is 16.0. The predicted octanol–water partition coefficient (Wildman–Crippen LogP) is 2.86. The van der Waals surface area contributed by atoms with Crippen molar-refractivity contribution in [1.29, 1.82) is 0 Å². The molecule has 0 saturated carbocycles. The van der Waals surface area contributed by atoms with Gasteiger partial charge in [-0.15, -0.1) is 0 Å². The standard InChI is InChI=1S/C21H30FN3O/c1-3-25-14-12-21(11-10-20(25)26)17-24(16-15-23(21)2)13-4-5-18-6-8-19(22)9-7-18/h4-9H,3,10-17H2,1-2H3/b5-4+. The highest BCUT2D eigenvalue weighted by Crippen LogP contribution is 2.32. The lowest BCUT2D eigenvalue weighted by Crippen LogP contribution is -2.61. The first-order valence-corrected chi connectivity index (χ1v) is 9.66. The van der Waals surface area contributed by atoms with Gasteiger partial charge in [0.25, 0.3) is 0 Å². The lowest BCUT2D eigenvalue weighted by Gasteiger charge is -2.49. The molecule has 0 aliphatic carbocycles. The SMILES string of the molecule is CCN1CCC2(CCC1=O)CN(C/C=C/c1ccc(F)cc1)CCN2C. The molecule has 2 aliphatic heterocycles. The number of benzene rings is 1. The van der Waals surface area contributed by atoms with Crippen LogP contribution in [0.25, 0.3) is 6.08 Å². The third-order valence-electron chi connectivity index (χ3n) is 6.01. The van der Waals surface area contributed by atoms with E-state index >= 15 is 0 Å². The summed E-state index contributed by atoms with van der Waals surface area (Å²) < 4.78 is 13.0. The van der Waals surface area contributed by atoms with Gasteiger partial charge in [0, 0.05) is 51.2 Å². The Morgan fingerprint density at radius 3 is 2.65 bits per heavy atom. The van der Waals surface area contributed by atoms with Gasteiger partial charge in [-0.25, -0.2) is 4.39 Å². The van der Waals surface area contributed by atoms with Crippen LogP contribution in [0, 0.1) is 5.82 Å². The van der Waals surface area contributed by atoms with E-state index in [0.29, 0.717) is 12.3 Å². The summed E-state index contributed by atoms with van der Waals surface area (Å²) in [6.07, 6.45) is 6.85. The zero-order valence-corrected chi connectivity index (χ0v) is 16.0. The average Bonchev–Trinajstić information content (AvgIpc) is 2.80. The number of hydrogen-bond acceptors (Lipinski definition) is 3. The summed E-state index contributed by atoms with van der Waals surface area (Å²) in [6, 6.07) is 6.58. The Bertz CT molecular complexity index is 645. The van der Waals surface area contributed by atoms with Gasteiger partial charge in [0.05, 0.1) is 0 Å². The Hall–Kier alpha value is -1.72. The van der Waals surface area contributed by atoms with Gasteiger partial charge in [0.15, 0.2) is 0 Å². The van der Waals surface area contributed by atoms with Gasteiger partial charge < -0.3 is 4.90 Å². The third-order valence-corrected chi connectivity index (χ3v) is 6.01. The van der Waals surface area contributed by atoms with Crippen molar-refractivity contribution in [3.05, 3.63) is 41.7 Å². The third kappa shape index (κ3) is 4.33. The van der Waals surface area contributed by atoms with E-state index in [1.54, 1.807) is 12.1 Å². The van der Waals surface area contributed by atoms with E-state index in [4.69, 9.17) is 0 Å². The number of piperazine rings is 1. The van der Waals surface area contributed by atoms with E-state index in [2.05, 4.69) is 35.9 Å². The van der Waals surface area contributed by atoms with Gasteiger partial charge in [-0.3, -0.25) is 14.6 Å². The summed E-state index contributed by atoms with van der Waals surface area (Å²) >= 11 is 0. The molecule has 2 saturated heterocycles. The molecule has 1 spiro atoms. The fourth-order valence-electron chi connectivity index (χ4n) is 4.18. The van der Waals surface area contributed by atoms with E-state index < -0.39 is 0 Å². The summed E-state index contributed by atoms with van der Waals surface area (Å²) in [5.41, 5.74) is 1.12. The Kier molecular flexibility index (Phi) is 6.09. The van der Waals surface area contributed by atoms with Crippen molar-refractivity contribution in [3.63, 3.8) is 0 Å². The molecule has 1 aromatic rings. The molecule has 1 unspecified atom stereocenters. The maximum atomic E-state index is 13.0. The normalized spacial score (nSPS) is 26.0. The molecule has 1 atom stereocenters. The molecule has 0 aromatic heterocycles. The van der Waals surface area contributed by atoms with Crippen LogP contribution >= 0.6 is 0 Å². The van der Waals surface area contributed by atoms with Gasteiger partial charge in [-0.05, 0) is 44.5 Å². The molecule has 5 heteroatoms. The van der Waals surface area contributed by atoms with Crippen LogP contribution in [-0.4, -0.2) is 72.5 Å². The highest BCUT2D eigenvalue weighted by molar-refractivity contribution is 5.76. The van der Waals surface area contributed by atoms with Crippen molar-refractivity contribution in [2.24, 2.45) is 0 Å². The van der Waals surface area contributed by atoms with E-state index in [1.165, 1.54) is 12.1 Å². The lowest BCUT2D eigenvalue weighted by atomic mass is 9.86. The van der Waals surface area contributed by atoms with Crippen LogP contribution in [0.3, 0.4) is 0 Å². The van der Waals surface area contributed by atoms with Gasteiger partial charge in [-0.2, -0.15) is 0 Å². The number of likely N-dealkylation sites (tertiary alicyclic amines) is 1. The molecule has 3 rings (SSSR count). The predicted molar refractivity (Wildman–Crippen MR) is 103 cm³/mol. The highest BCUT2D eigenvalue weighted by Gasteiger charge is 2.41. The molecule has 2 aliphatic rings. The number of carbonyl (C=O) groups is 1. The van der Waals surface area contributed by atoms with Crippen molar-refractivity contribution >= 4 is 12.0 Å². The molecule has 0 radical (unpaired) electrons. The summed E-state index contributed by atoms with van der Waals surface area (Å²) in [5.74, 6) is 0.0956. The molecule has 26 heavy (non-hydrogen) atoms. The molecule has 0 bridgehead atoms. The molecule has 1 amide bonds. The van der Waals surface area contributed by atoms with Crippen molar-refractivity contribution in [1.82, 2.24) is 14.7 Å². The summed E-state index contributed by atoms with van der Waals surface area (Å²) in [5, 5.41) is 0. The summed E-state index contributed by atoms with van der Waals surface area (Å²) in [4.78, 5) is 19.2. The van der Waals surface area contributed by atoms with Crippen LogP contribution in [-0.2, 0) is 4.79 Å². The molecule has 4 nitrogen and oxygen atoms in total. The van der Waals surface area contributed by atoms with Crippen LogP contribution in [0.15, 0.2) is 30.3 Å². The Morgan fingerprint density at radius 2 is 1.92 bits per heavy atom.